The van der Waals surface area contributed by atoms with Gasteiger partial charge in [0, 0.05) is 0 Å². The molecule has 0 aromatic rings. The fourth-order valence-electron chi connectivity index (χ4n) is 2.05. The molecular formula is C10H17NO. The molecule has 12 heavy (non-hydrogen) atoms. The minimum atomic E-state index is -0.150. The fraction of sp³-hybridized carbons (Fsp3) is 0.900. The van der Waals surface area contributed by atoms with E-state index in [2.05, 4.69) is 13.0 Å². The minimum Gasteiger partial charge on any atom is -0.393 e. The van der Waals surface area contributed by atoms with E-state index in [1.807, 2.05) is 0 Å². The molecule has 1 rings (SSSR count). The zero-order valence-electron chi connectivity index (χ0n) is 7.71. The zero-order valence-corrected chi connectivity index (χ0v) is 7.71. The van der Waals surface area contributed by atoms with Crippen molar-refractivity contribution in [3.05, 3.63) is 0 Å². The van der Waals surface area contributed by atoms with E-state index in [1.54, 1.807) is 0 Å². The number of aliphatic hydroxyl groups excluding tert-OH is 1. The summed E-state index contributed by atoms with van der Waals surface area (Å²) in [5.41, 5.74) is -0.103. The molecule has 0 spiro atoms. The largest absolute Gasteiger partial charge is 0.393 e. The number of nitriles is 1. The second-order valence-corrected chi connectivity index (χ2v) is 3.87. The third-order valence-corrected chi connectivity index (χ3v) is 2.88. The highest BCUT2D eigenvalue weighted by Gasteiger charge is 2.33. The van der Waals surface area contributed by atoms with Crippen LogP contribution in [0.4, 0.5) is 0 Å². The second kappa shape index (κ2) is 3.91. The van der Waals surface area contributed by atoms with Crippen LogP contribution in [0.15, 0.2) is 0 Å². The summed E-state index contributed by atoms with van der Waals surface area (Å²) in [5.74, 6) is 0. The maximum Gasteiger partial charge on any atom is 0.0689 e. The summed E-state index contributed by atoms with van der Waals surface area (Å²) < 4.78 is 0. The van der Waals surface area contributed by atoms with E-state index >= 15 is 0 Å². The van der Waals surface area contributed by atoms with Crippen molar-refractivity contribution in [2.75, 3.05) is 0 Å². The number of nitrogens with zero attached hydrogens (tertiary/aromatic N) is 1. The Morgan fingerprint density at radius 2 is 2.08 bits per heavy atom. The van der Waals surface area contributed by atoms with Crippen molar-refractivity contribution >= 4 is 0 Å². The molecular weight excluding hydrogens is 150 g/mol. The summed E-state index contributed by atoms with van der Waals surface area (Å²) in [6, 6.07) is 2.43. The Morgan fingerprint density at radius 3 is 2.50 bits per heavy atom. The van der Waals surface area contributed by atoms with E-state index in [9.17, 15) is 5.11 Å². The molecule has 0 heterocycles. The fourth-order valence-corrected chi connectivity index (χ4v) is 2.05. The first-order chi connectivity index (χ1) is 5.72. The monoisotopic (exact) mass is 167 g/mol. The molecule has 0 bridgehead atoms. The summed E-state index contributed by atoms with van der Waals surface area (Å²) in [6.07, 6.45) is 5.32. The molecule has 0 aromatic heterocycles. The molecule has 0 unspecified atom stereocenters. The maximum atomic E-state index is 9.30. The van der Waals surface area contributed by atoms with E-state index in [4.69, 9.17) is 5.26 Å². The number of hydrogen-bond donors (Lipinski definition) is 1. The highest BCUT2D eigenvalue weighted by atomic mass is 16.3. The molecule has 2 nitrogen and oxygen atoms in total. The Hall–Kier alpha value is -0.550. The van der Waals surface area contributed by atoms with Gasteiger partial charge in [0.15, 0.2) is 0 Å². The SMILES string of the molecule is CCC[C@]1(C#N)CC[C@H](O)CC1. The van der Waals surface area contributed by atoms with E-state index in [0.717, 1.165) is 38.5 Å². The van der Waals surface area contributed by atoms with E-state index in [-0.39, 0.29) is 11.5 Å². The van der Waals surface area contributed by atoms with Crippen LogP contribution >= 0.6 is 0 Å². The molecule has 0 atom stereocenters. The lowest BCUT2D eigenvalue weighted by Crippen LogP contribution is -2.28. The van der Waals surface area contributed by atoms with Crippen LogP contribution in [0.3, 0.4) is 0 Å². The van der Waals surface area contributed by atoms with Crippen molar-refractivity contribution in [2.45, 2.75) is 51.6 Å². The maximum absolute atomic E-state index is 9.30. The molecule has 1 fully saturated rings. The normalized spacial score (nSPS) is 35.9. The van der Waals surface area contributed by atoms with Crippen LogP contribution in [0.1, 0.15) is 45.4 Å². The minimum absolute atomic E-state index is 0.103. The predicted octanol–water partition coefficient (Wildman–Crippen LogP) is 2.23. The number of aliphatic hydroxyl groups is 1. The van der Waals surface area contributed by atoms with Crippen LogP contribution in [0.2, 0.25) is 0 Å². The average Bonchev–Trinajstić information content (AvgIpc) is 2.10. The third-order valence-electron chi connectivity index (χ3n) is 2.88. The highest BCUT2D eigenvalue weighted by molar-refractivity contribution is 5.01. The van der Waals surface area contributed by atoms with Gasteiger partial charge in [-0.25, -0.2) is 0 Å². The van der Waals surface area contributed by atoms with Gasteiger partial charge < -0.3 is 5.11 Å². The van der Waals surface area contributed by atoms with Crippen molar-refractivity contribution in [2.24, 2.45) is 5.41 Å². The van der Waals surface area contributed by atoms with Gasteiger partial charge in [-0.3, -0.25) is 0 Å². The average molecular weight is 167 g/mol. The Bertz CT molecular complexity index is 175. The molecule has 0 radical (unpaired) electrons. The first kappa shape index (κ1) is 9.54. The molecule has 1 aliphatic rings. The van der Waals surface area contributed by atoms with Crippen LogP contribution in [-0.2, 0) is 0 Å². The quantitative estimate of drug-likeness (QED) is 0.685. The number of hydrogen-bond acceptors (Lipinski definition) is 2. The van der Waals surface area contributed by atoms with Crippen LogP contribution in [0.5, 0.6) is 0 Å². The van der Waals surface area contributed by atoms with E-state index in [0.29, 0.717) is 0 Å². The topological polar surface area (TPSA) is 44.0 Å². The summed E-state index contributed by atoms with van der Waals surface area (Å²) in [6.45, 7) is 2.12. The standard InChI is InChI=1S/C10H17NO/c1-2-5-10(8-11)6-3-9(12)4-7-10/h9,12H,2-7H2,1H3/t9-,10-. The Balaban J connectivity index is 2.52. The summed E-state index contributed by atoms with van der Waals surface area (Å²) >= 11 is 0. The Labute approximate surface area is 74.2 Å². The Morgan fingerprint density at radius 1 is 1.50 bits per heavy atom. The summed E-state index contributed by atoms with van der Waals surface area (Å²) in [7, 11) is 0. The summed E-state index contributed by atoms with van der Waals surface area (Å²) in [5, 5.41) is 18.3. The van der Waals surface area contributed by atoms with Crippen molar-refractivity contribution in [1.82, 2.24) is 0 Å². The third kappa shape index (κ3) is 1.98. The van der Waals surface area contributed by atoms with Crippen LogP contribution < -0.4 is 0 Å². The molecule has 2 heteroatoms. The molecule has 1 N–H and O–H groups in total. The molecule has 0 aliphatic heterocycles. The predicted molar refractivity (Wildman–Crippen MR) is 47.4 cm³/mol. The van der Waals surface area contributed by atoms with Crippen molar-refractivity contribution in [3.8, 4) is 6.07 Å². The molecule has 1 saturated carbocycles. The smallest absolute Gasteiger partial charge is 0.0689 e. The van der Waals surface area contributed by atoms with Gasteiger partial charge in [-0.15, -0.1) is 0 Å². The molecule has 0 amide bonds. The number of rotatable bonds is 2. The van der Waals surface area contributed by atoms with Crippen molar-refractivity contribution in [1.29, 1.82) is 5.26 Å². The van der Waals surface area contributed by atoms with Gasteiger partial charge in [-0.2, -0.15) is 5.26 Å². The lowest BCUT2D eigenvalue weighted by Gasteiger charge is -2.32. The molecule has 0 saturated heterocycles. The molecule has 1 aliphatic carbocycles. The van der Waals surface area contributed by atoms with Gasteiger partial charge in [-0.05, 0) is 32.1 Å². The van der Waals surface area contributed by atoms with Crippen molar-refractivity contribution < 1.29 is 5.11 Å². The first-order valence-electron chi connectivity index (χ1n) is 4.82. The van der Waals surface area contributed by atoms with Crippen LogP contribution in [0, 0.1) is 16.7 Å². The van der Waals surface area contributed by atoms with Gasteiger partial charge in [0.25, 0.3) is 0 Å². The van der Waals surface area contributed by atoms with Crippen LogP contribution in [-0.4, -0.2) is 11.2 Å². The van der Waals surface area contributed by atoms with Crippen LogP contribution in [0.25, 0.3) is 0 Å². The van der Waals surface area contributed by atoms with Gasteiger partial charge in [0.2, 0.25) is 0 Å². The van der Waals surface area contributed by atoms with Gasteiger partial charge in [0.1, 0.15) is 0 Å². The van der Waals surface area contributed by atoms with E-state index in [1.165, 1.54) is 0 Å². The van der Waals surface area contributed by atoms with Gasteiger partial charge in [0.05, 0.1) is 17.6 Å². The zero-order chi connectivity index (χ0) is 9.03. The van der Waals surface area contributed by atoms with Gasteiger partial charge in [-0.1, -0.05) is 13.3 Å². The second-order valence-electron chi connectivity index (χ2n) is 3.87. The van der Waals surface area contributed by atoms with E-state index < -0.39 is 0 Å². The lowest BCUT2D eigenvalue weighted by molar-refractivity contribution is 0.0832. The highest BCUT2D eigenvalue weighted by Crippen LogP contribution is 2.39. The lowest BCUT2D eigenvalue weighted by atomic mass is 9.71. The molecule has 0 aromatic carbocycles. The summed E-state index contributed by atoms with van der Waals surface area (Å²) in [4.78, 5) is 0. The van der Waals surface area contributed by atoms with Gasteiger partial charge >= 0.3 is 0 Å². The Kier molecular flexibility index (Phi) is 3.11. The van der Waals surface area contributed by atoms with Crippen molar-refractivity contribution in [3.63, 3.8) is 0 Å². The first-order valence-corrected chi connectivity index (χ1v) is 4.82. The molecule has 68 valence electrons.